The van der Waals surface area contributed by atoms with Crippen LogP contribution in [-0.2, 0) is 0 Å². The smallest absolute Gasteiger partial charge is 0.0117 e. The van der Waals surface area contributed by atoms with Gasteiger partial charge in [0.1, 0.15) is 0 Å². The molecule has 0 aromatic heterocycles. The van der Waals surface area contributed by atoms with E-state index in [0.29, 0.717) is 11.8 Å². The van der Waals surface area contributed by atoms with Crippen LogP contribution >= 0.6 is 0 Å². The third-order valence-corrected chi connectivity index (χ3v) is 5.20. The highest BCUT2D eigenvalue weighted by molar-refractivity contribution is 5.48. The van der Waals surface area contributed by atoms with Gasteiger partial charge < -0.3 is 5.73 Å². The molecule has 0 amide bonds. The van der Waals surface area contributed by atoms with Crippen molar-refractivity contribution in [2.75, 3.05) is 0 Å². The minimum Gasteiger partial charge on any atom is -0.402 e. The van der Waals surface area contributed by atoms with Gasteiger partial charge in [-0.3, -0.25) is 0 Å². The second-order valence-electron chi connectivity index (χ2n) is 7.04. The Morgan fingerprint density at radius 2 is 2.05 bits per heavy atom. The van der Waals surface area contributed by atoms with Crippen LogP contribution in [0.25, 0.3) is 0 Å². The van der Waals surface area contributed by atoms with Crippen molar-refractivity contribution in [1.82, 2.24) is 0 Å². The molecule has 2 aliphatic carbocycles. The Balaban J connectivity index is 2.52. The number of hydrogen-bond acceptors (Lipinski definition) is 1. The summed E-state index contributed by atoms with van der Waals surface area (Å²) >= 11 is 0. The molecule has 0 aromatic carbocycles. The standard InChI is InChI=1S/C19H31N/c1-6-13(4)17-11-15-8-7-9-16(15)19(12(2)3)18(17)10-14(5)20/h12-13,15H,5-11,20H2,1-4H3/t13-,15+/m1/s1. The van der Waals surface area contributed by atoms with Gasteiger partial charge in [0.2, 0.25) is 0 Å². The molecule has 0 aromatic rings. The van der Waals surface area contributed by atoms with Gasteiger partial charge in [0.05, 0.1) is 0 Å². The van der Waals surface area contributed by atoms with E-state index >= 15 is 0 Å². The van der Waals surface area contributed by atoms with Gasteiger partial charge in [-0.25, -0.2) is 0 Å². The molecule has 0 unspecified atom stereocenters. The first-order valence-electron chi connectivity index (χ1n) is 8.34. The molecule has 1 nitrogen and oxygen atoms in total. The molecule has 0 radical (unpaired) electrons. The van der Waals surface area contributed by atoms with Crippen molar-refractivity contribution < 1.29 is 0 Å². The maximum Gasteiger partial charge on any atom is 0.0117 e. The molecule has 2 N–H and O–H groups in total. The normalized spacial score (nSPS) is 24.4. The van der Waals surface area contributed by atoms with Crippen LogP contribution in [0.15, 0.2) is 34.6 Å². The molecule has 1 fully saturated rings. The van der Waals surface area contributed by atoms with Gasteiger partial charge in [0.25, 0.3) is 0 Å². The molecule has 2 atom stereocenters. The predicted molar refractivity (Wildman–Crippen MR) is 88.2 cm³/mol. The average Bonchev–Trinajstić information content (AvgIpc) is 2.83. The Labute approximate surface area is 125 Å². The first-order chi connectivity index (χ1) is 9.45. The van der Waals surface area contributed by atoms with Crippen molar-refractivity contribution in [2.45, 2.75) is 66.2 Å². The van der Waals surface area contributed by atoms with Gasteiger partial charge in [-0.2, -0.15) is 0 Å². The molecular weight excluding hydrogens is 242 g/mol. The third kappa shape index (κ3) is 2.87. The Morgan fingerprint density at radius 1 is 1.35 bits per heavy atom. The summed E-state index contributed by atoms with van der Waals surface area (Å²) in [5.41, 5.74) is 13.4. The summed E-state index contributed by atoms with van der Waals surface area (Å²) in [7, 11) is 0. The van der Waals surface area contributed by atoms with E-state index in [0.717, 1.165) is 18.0 Å². The van der Waals surface area contributed by atoms with Crippen LogP contribution in [0.4, 0.5) is 0 Å². The summed E-state index contributed by atoms with van der Waals surface area (Å²) in [6.45, 7) is 13.3. The van der Waals surface area contributed by atoms with Crippen LogP contribution in [0.2, 0.25) is 0 Å². The van der Waals surface area contributed by atoms with E-state index in [2.05, 4.69) is 34.3 Å². The number of nitrogens with two attached hydrogens (primary N) is 1. The van der Waals surface area contributed by atoms with Crippen molar-refractivity contribution in [3.05, 3.63) is 34.6 Å². The SMILES string of the molecule is C=C(N)CC1=C([C@H](C)CC)C[C@@H]2CCCC2=C1C(C)C. The van der Waals surface area contributed by atoms with Gasteiger partial charge in [0, 0.05) is 12.1 Å². The fourth-order valence-electron chi connectivity index (χ4n) is 4.15. The number of allylic oxidation sites excluding steroid dienone is 4. The highest BCUT2D eigenvalue weighted by Crippen LogP contribution is 2.49. The van der Waals surface area contributed by atoms with Crippen LogP contribution in [0, 0.1) is 17.8 Å². The molecule has 2 rings (SSSR count). The van der Waals surface area contributed by atoms with Crippen LogP contribution in [0.3, 0.4) is 0 Å². The van der Waals surface area contributed by atoms with Crippen LogP contribution in [-0.4, -0.2) is 0 Å². The van der Waals surface area contributed by atoms with Gasteiger partial charge in [-0.05, 0) is 61.0 Å². The molecule has 0 spiro atoms. The quantitative estimate of drug-likeness (QED) is 0.718. The minimum atomic E-state index is 0.610. The fraction of sp³-hybridized carbons (Fsp3) is 0.684. The lowest BCUT2D eigenvalue weighted by Gasteiger charge is -2.34. The van der Waals surface area contributed by atoms with Crippen molar-refractivity contribution in [1.29, 1.82) is 0 Å². The maximum absolute atomic E-state index is 5.98. The monoisotopic (exact) mass is 273 g/mol. The zero-order valence-electron chi connectivity index (χ0n) is 13.8. The highest BCUT2D eigenvalue weighted by Gasteiger charge is 2.33. The lowest BCUT2D eigenvalue weighted by Crippen LogP contribution is -2.20. The van der Waals surface area contributed by atoms with Crippen LogP contribution < -0.4 is 5.73 Å². The van der Waals surface area contributed by atoms with Crippen molar-refractivity contribution >= 4 is 0 Å². The van der Waals surface area contributed by atoms with E-state index in [9.17, 15) is 0 Å². The largest absolute Gasteiger partial charge is 0.402 e. The number of rotatable bonds is 5. The van der Waals surface area contributed by atoms with E-state index in [4.69, 9.17) is 5.73 Å². The maximum atomic E-state index is 5.98. The molecule has 1 saturated carbocycles. The molecule has 0 bridgehead atoms. The summed E-state index contributed by atoms with van der Waals surface area (Å²) in [6.07, 6.45) is 7.46. The second-order valence-corrected chi connectivity index (χ2v) is 7.04. The predicted octanol–water partition coefficient (Wildman–Crippen LogP) is 5.35. The molecule has 0 saturated heterocycles. The van der Waals surface area contributed by atoms with E-state index in [1.165, 1.54) is 32.1 Å². The summed E-state index contributed by atoms with van der Waals surface area (Å²) in [4.78, 5) is 0. The molecule has 0 heterocycles. The number of fused-ring (bicyclic) bond motifs is 1. The molecule has 2 aliphatic rings. The van der Waals surface area contributed by atoms with Gasteiger partial charge in [-0.1, -0.05) is 45.4 Å². The molecule has 112 valence electrons. The fourth-order valence-corrected chi connectivity index (χ4v) is 4.15. The van der Waals surface area contributed by atoms with Crippen molar-refractivity contribution in [3.63, 3.8) is 0 Å². The Hall–Kier alpha value is -0.980. The third-order valence-electron chi connectivity index (χ3n) is 5.20. The topological polar surface area (TPSA) is 26.0 Å². The van der Waals surface area contributed by atoms with E-state index in [1.807, 2.05) is 0 Å². The van der Waals surface area contributed by atoms with E-state index in [-0.39, 0.29) is 0 Å². The highest BCUT2D eigenvalue weighted by atomic mass is 14.6. The summed E-state index contributed by atoms with van der Waals surface area (Å²) in [6, 6.07) is 0. The molecular formula is C19H31N. The first kappa shape index (κ1) is 15.4. The summed E-state index contributed by atoms with van der Waals surface area (Å²) in [5.74, 6) is 2.12. The molecule has 20 heavy (non-hydrogen) atoms. The molecule has 1 heteroatoms. The van der Waals surface area contributed by atoms with Gasteiger partial charge in [0.15, 0.2) is 0 Å². The second kappa shape index (κ2) is 6.20. The van der Waals surface area contributed by atoms with Gasteiger partial charge in [-0.15, -0.1) is 0 Å². The lowest BCUT2D eigenvalue weighted by molar-refractivity contribution is 0.516. The zero-order valence-corrected chi connectivity index (χ0v) is 13.8. The van der Waals surface area contributed by atoms with Crippen molar-refractivity contribution in [2.24, 2.45) is 23.5 Å². The minimum absolute atomic E-state index is 0.610. The Morgan fingerprint density at radius 3 is 2.60 bits per heavy atom. The summed E-state index contributed by atoms with van der Waals surface area (Å²) in [5, 5.41) is 0. The van der Waals surface area contributed by atoms with Crippen LogP contribution in [0.1, 0.15) is 66.2 Å². The van der Waals surface area contributed by atoms with E-state index in [1.54, 1.807) is 22.3 Å². The Bertz CT molecular complexity index is 450. The van der Waals surface area contributed by atoms with Gasteiger partial charge >= 0.3 is 0 Å². The number of hydrogen-bond donors (Lipinski definition) is 1. The average molecular weight is 273 g/mol. The lowest BCUT2D eigenvalue weighted by atomic mass is 9.72. The van der Waals surface area contributed by atoms with Crippen molar-refractivity contribution in [3.8, 4) is 0 Å². The molecule has 0 aliphatic heterocycles. The van der Waals surface area contributed by atoms with E-state index < -0.39 is 0 Å². The zero-order chi connectivity index (χ0) is 14.9. The first-order valence-corrected chi connectivity index (χ1v) is 8.34. The Kier molecular flexibility index (Phi) is 4.78. The van der Waals surface area contributed by atoms with Crippen LogP contribution in [0.5, 0.6) is 0 Å². The summed E-state index contributed by atoms with van der Waals surface area (Å²) < 4.78 is 0.